The van der Waals surface area contributed by atoms with E-state index >= 15 is 0 Å². The summed E-state index contributed by atoms with van der Waals surface area (Å²) in [5.41, 5.74) is 0. The molecule has 0 saturated carbocycles. The fourth-order valence-electron chi connectivity index (χ4n) is 1.93. The summed E-state index contributed by atoms with van der Waals surface area (Å²) in [6, 6.07) is 0.546. The second-order valence-corrected chi connectivity index (χ2v) is 3.43. The van der Waals surface area contributed by atoms with Gasteiger partial charge in [-0.1, -0.05) is 0 Å². The van der Waals surface area contributed by atoms with Crippen molar-refractivity contribution in [1.29, 1.82) is 0 Å². The van der Waals surface area contributed by atoms with E-state index in [1.54, 1.807) is 0 Å². The number of urea groups is 1. The summed E-state index contributed by atoms with van der Waals surface area (Å²) in [6.45, 7) is 3.76. The first-order valence-corrected chi connectivity index (χ1v) is 4.63. The number of piperidine rings is 1. The average molecular weight is 169 g/mol. The van der Waals surface area contributed by atoms with Crippen LogP contribution in [0.3, 0.4) is 0 Å². The Morgan fingerprint density at radius 1 is 1.42 bits per heavy atom. The molecule has 4 nitrogen and oxygen atoms in total. The van der Waals surface area contributed by atoms with Crippen LogP contribution in [0.25, 0.3) is 0 Å². The standard InChI is InChI=1S/C8H15N3O/c12-8-10-4-5-11(8)7-2-1-3-9-6-7/h7,9H,1-6H2,(H,10,12). The maximum Gasteiger partial charge on any atom is 0.317 e. The highest BCUT2D eigenvalue weighted by atomic mass is 16.2. The first-order chi connectivity index (χ1) is 5.88. The number of hydrogen-bond acceptors (Lipinski definition) is 2. The number of nitrogens with one attached hydrogen (secondary N) is 2. The van der Waals surface area contributed by atoms with Crippen molar-refractivity contribution in [2.45, 2.75) is 18.9 Å². The molecule has 12 heavy (non-hydrogen) atoms. The van der Waals surface area contributed by atoms with Gasteiger partial charge in [0.15, 0.2) is 0 Å². The van der Waals surface area contributed by atoms with Crippen molar-refractivity contribution in [1.82, 2.24) is 15.5 Å². The van der Waals surface area contributed by atoms with E-state index in [0.717, 1.165) is 32.6 Å². The van der Waals surface area contributed by atoms with Gasteiger partial charge in [-0.05, 0) is 19.4 Å². The van der Waals surface area contributed by atoms with Crippen LogP contribution in [-0.2, 0) is 0 Å². The van der Waals surface area contributed by atoms with Gasteiger partial charge in [0.05, 0.1) is 0 Å². The van der Waals surface area contributed by atoms with Crippen molar-refractivity contribution < 1.29 is 4.79 Å². The summed E-state index contributed by atoms with van der Waals surface area (Å²) in [5.74, 6) is 0. The largest absolute Gasteiger partial charge is 0.336 e. The van der Waals surface area contributed by atoms with E-state index < -0.39 is 0 Å². The normalized spacial score (nSPS) is 30.5. The topological polar surface area (TPSA) is 44.4 Å². The fourth-order valence-corrected chi connectivity index (χ4v) is 1.93. The van der Waals surface area contributed by atoms with Crippen LogP contribution in [0.15, 0.2) is 0 Å². The van der Waals surface area contributed by atoms with Gasteiger partial charge >= 0.3 is 6.03 Å². The van der Waals surface area contributed by atoms with E-state index in [2.05, 4.69) is 10.6 Å². The minimum absolute atomic E-state index is 0.115. The third-order valence-corrected chi connectivity index (χ3v) is 2.60. The fraction of sp³-hybridized carbons (Fsp3) is 0.875. The lowest BCUT2D eigenvalue weighted by Gasteiger charge is -2.30. The van der Waals surface area contributed by atoms with E-state index in [9.17, 15) is 4.79 Å². The zero-order valence-corrected chi connectivity index (χ0v) is 7.18. The molecule has 0 aromatic carbocycles. The van der Waals surface area contributed by atoms with Crippen molar-refractivity contribution in [3.8, 4) is 0 Å². The molecule has 2 aliphatic rings. The Morgan fingerprint density at radius 2 is 2.33 bits per heavy atom. The van der Waals surface area contributed by atoms with E-state index in [0.29, 0.717) is 6.04 Å². The first kappa shape index (κ1) is 7.86. The molecule has 2 heterocycles. The van der Waals surface area contributed by atoms with Gasteiger partial charge < -0.3 is 15.5 Å². The Hall–Kier alpha value is -0.770. The van der Waals surface area contributed by atoms with Crippen LogP contribution in [0, 0.1) is 0 Å². The Balaban J connectivity index is 1.93. The quantitative estimate of drug-likeness (QED) is 0.569. The molecule has 2 fully saturated rings. The molecule has 0 aromatic rings. The smallest absolute Gasteiger partial charge is 0.317 e. The van der Waals surface area contributed by atoms with Gasteiger partial charge in [-0.25, -0.2) is 4.79 Å². The summed E-state index contributed by atoms with van der Waals surface area (Å²) in [4.78, 5) is 13.2. The highest BCUT2D eigenvalue weighted by Crippen LogP contribution is 2.12. The lowest BCUT2D eigenvalue weighted by Crippen LogP contribution is -2.47. The molecule has 0 spiro atoms. The van der Waals surface area contributed by atoms with E-state index in [-0.39, 0.29) is 6.03 Å². The third kappa shape index (κ3) is 1.39. The second-order valence-electron chi connectivity index (χ2n) is 3.43. The Morgan fingerprint density at radius 3 is 2.92 bits per heavy atom. The minimum atomic E-state index is 0.115. The van der Waals surface area contributed by atoms with Crippen LogP contribution in [0.4, 0.5) is 4.79 Å². The number of hydrogen-bond donors (Lipinski definition) is 2. The predicted octanol–water partition coefficient (Wildman–Crippen LogP) is -0.236. The van der Waals surface area contributed by atoms with Crippen molar-refractivity contribution in [3.05, 3.63) is 0 Å². The van der Waals surface area contributed by atoms with Gasteiger partial charge in [0.2, 0.25) is 0 Å². The maximum absolute atomic E-state index is 11.3. The molecule has 0 aliphatic carbocycles. The number of amides is 2. The molecule has 68 valence electrons. The molecule has 0 bridgehead atoms. The van der Waals surface area contributed by atoms with Gasteiger partial charge in [-0.3, -0.25) is 0 Å². The Kier molecular flexibility index (Phi) is 2.17. The first-order valence-electron chi connectivity index (χ1n) is 4.63. The molecule has 2 amide bonds. The molecule has 2 N–H and O–H groups in total. The molecular formula is C8H15N3O. The van der Waals surface area contributed by atoms with Crippen molar-refractivity contribution in [2.24, 2.45) is 0 Å². The molecule has 4 heteroatoms. The molecule has 2 aliphatic heterocycles. The van der Waals surface area contributed by atoms with Gasteiger partial charge in [0.25, 0.3) is 0 Å². The van der Waals surface area contributed by atoms with Gasteiger partial charge in [0, 0.05) is 25.7 Å². The molecule has 0 radical (unpaired) electrons. The SMILES string of the molecule is O=C1NCCN1C1CCCNC1. The monoisotopic (exact) mass is 169 g/mol. The summed E-state index contributed by atoms with van der Waals surface area (Å²) < 4.78 is 0. The van der Waals surface area contributed by atoms with Gasteiger partial charge in [-0.15, -0.1) is 0 Å². The Bertz CT molecular complexity index is 177. The summed E-state index contributed by atoms with van der Waals surface area (Å²) in [6.07, 6.45) is 2.34. The average Bonchev–Trinajstić information content (AvgIpc) is 2.53. The van der Waals surface area contributed by atoms with Crippen LogP contribution in [-0.4, -0.2) is 43.2 Å². The van der Waals surface area contributed by atoms with Crippen LogP contribution in [0.5, 0.6) is 0 Å². The Labute approximate surface area is 72.3 Å². The highest BCUT2D eigenvalue weighted by molar-refractivity contribution is 5.76. The minimum Gasteiger partial charge on any atom is -0.336 e. The number of carbonyl (C=O) groups excluding carboxylic acids is 1. The zero-order chi connectivity index (χ0) is 8.39. The van der Waals surface area contributed by atoms with Crippen LogP contribution in [0.1, 0.15) is 12.8 Å². The van der Waals surface area contributed by atoms with Crippen molar-refractivity contribution in [2.75, 3.05) is 26.2 Å². The van der Waals surface area contributed by atoms with E-state index in [1.165, 1.54) is 6.42 Å². The number of rotatable bonds is 1. The predicted molar refractivity (Wildman–Crippen MR) is 46.0 cm³/mol. The second kappa shape index (κ2) is 3.31. The lowest BCUT2D eigenvalue weighted by atomic mass is 10.1. The van der Waals surface area contributed by atoms with Crippen molar-refractivity contribution in [3.63, 3.8) is 0 Å². The summed E-state index contributed by atoms with van der Waals surface area (Å²) in [5, 5.41) is 6.14. The summed E-state index contributed by atoms with van der Waals surface area (Å²) >= 11 is 0. The van der Waals surface area contributed by atoms with Gasteiger partial charge in [-0.2, -0.15) is 0 Å². The molecule has 1 atom stereocenters. The molecular weight excluding hydrogens is 154 g/mol. The summed E-state index contributed by atoms with van der Waals surface area (Å²) in [7, 11) is 0. The third-order valence-electron chi connectivity index (χ3n) is 2.60. The van der Waals surface area contributed by atoms with Crippen LogP contribution < -0.4 is 10.6 Å². The van der Waals surface area contributed by atoms with Crippen LogP contribution >= 0.6 is 0 Å². The van der Waals surface area contributed by atoms with Crippen molar-refractivity contribution >= 4 is 6.03 Å². The zero-order valence-electron chi connectivity index (χ0n) is 7.18. The van der Waals surface area contributed by atoms with Crippen LogP contribution in [0.2, 0.25) is 0 Å². The highest BCUT2D eigenvalue weighted by Gasteiger charge is 2.28. The number of nitrogens with zero attached hydrogens (tertiary/aromatic N) is 1. The maximum atomic E-state index is 11.3. The molecule has 0 aromatic heterocycles. The lowest BCUT2D eigenvalue weighted by molar-refractivity contribution is 0.185. The van der Waals surface area contributed by atoms with E-state index in [4.69, 9.17) is 0 Å². The molecule has 2 saturated heterocycles. The number of carbonyl (C=O) groups is 1. The van der Waals surface area contributed by atoms with E-state index in [1.807, 2.05) is 4.90 Å². The van der Waals surface area contributed by atoms with Gasteiger partial charge in [0.1, 0.15) is 0 Å². The molecule has 1 unspecified atom stereocenters. The molecule has 2 rings (SSSR count).